The van der Waals surface area contributed by atoms with Gasteiger partial charge in [-0.1, -0.05) is 6.07 Å². The average Bonchev–Trinajstić information content (AvgIpc) is 1.97. The predicted octanol–water partition coefficient (Wildman–Crippen LogP) is 0.126. The Hall–Kier alpha value is -1.71. The van der Waals surface area contributed by atoms with E-state index in [-0.39, 0.29) is 23.5 Å². The van der Waals surface area contributed by atoms with Gasteiger partial charge in [0.15, 0.2) is 0 Å². The molecule has 1 aromatic rings. The molecule has 1 rings (SSSR count). The maximum Gasteiger partial charge on any atom is 0.222 e. The fourth-order valence-corrected chi connectivity index (χ4v) is 0.918. The van der Waals surface area contributed by atoms with Crippen LogP contribution in [0.3, 0.4) is 0 Å². The molecular formula is C8H9NO3. The molecule has 0 aliphatic carbocycles. The van der Waals surface area contributed by atoms with Gasteiger partial charge in [0.25, 0.3) is 0 Å². The molecular weight excluding hydrogens is 158 g/mol. The first-order chi connectivity index (χ1) is 5.61. The van der Waals surface area contributed by atoms with Crippen LogP contribution in [0.5, 0.6) is 11.5 Å². The monoisotopic (exact) mass is 167 g/mol. The number of rotatable bonds is 2. The van der Waals surface area contributed by atoms with Gasteiger partial charge in [0, 0.05) is 5.56 Å². The summed E-state index contributed by atoms with van der Waals surface area (Å²) in [7, 11) is 0. The van der Waals surface area contributed by atoms with Crippen molar-refractivity contribution >= 4 is 5.91 Å². The fraction of sp³-hybridized carbons (Fsp3) is 0.125. The molecule has 0 aliphatic heterocycles. The van der Waals surface area contributed by atoms with Crippen molar-refractivity contribution in [3.63, 3.8) is 0 Å². The van der Waals surface area contributed by atoms with Crippen molar-refractivity contribution in [3.05, 3.63) is 23.8 Å². The molecule has 4 N–H and O–H groups in total. The van der Waals surface area contributed by atoms with Gasteiger partial charge in [0.05, 0.1) is 6.42 Å². The van der Waals surface area contributed by atoms with Crippen molar-refractivity contribution in [1.29, 1.82) is 0 Å². The van der Waals surface area contributed by atoms with E-state index in [1.807, 2.05) is 0 Å². The lowest BCUT2D eigenvalue weighted by Crippen LogP contribution is -2.13. The van der Waals surface area contributed by atoms with E-state index >= 15 is 0 Å². The molecule has 64 valence electrons. The molecule has 0 radical (unpaired) electrons. The van der Waals surface area contributed by atoms with Gasteiger partial charge in [0.2, 0.25) is 5.91 Å². The number of carbonyl (C=O) groups is 1. The molecule has 1 aromatic carbocycles. The fourth-order valence-electron chi connectivity index (χ4n) is 0.918. The molecule has 0 unspecified atom stereocenters. The van der Waals surface area contributed by atoms with E-state index < -0.39 is 5.91 Å². The smallest absolute Gasteiger partial charge is 0.222 e. The Kier molecular flexibility index (Phi) is 2.19. The van der Waals surface area contributed by atoms with Gasteiger partial charge in [-0.3, -0.25) is 4.79 Å². The number of primary amides is 1. The number of hydrogen-bond acceptors (Lipinski definition) is 3. The zero-order valence-electron chi connectivity index (χ0n) is 6.32. The van der Waals surface area contributed by atoms with E-state index in [1.165, 1.54) is 18.2 Å². The van der Waals surface area contributed by atoms with E-state index in [4.69, 9.17) is 5.73 Å². The second-order valence-electron chi connectivity index (χ2n) is 2.42. The van der Waals surface area contributed by atoms with Crippen molar-refractivity contribution in [3.8, 4) is 11.5 Å². The molecule has 4 heteroatoms. The first-order valence-electron chi connectivity index (χ1n) is 3.39. The zero-order valence-corrected chi connectivity index (χ0v) is 6.32. The van der Waals surface area contributed by atoms with Crippen LogP contribution in [0.25, 0.3) is 0 Å². The van der Waals surface area contributed by atoms with Gasteiger partial charge < -0.3 is 15.9 Å². The molecule has 0 atom stereocenters. The molecule has 12 heavy (non-hydrogen) atoms. The van der Waals surface area contributed by atoms with Gasteiger partial charge in [-0.2, -0.15) is 0 Å². The van der Waals surface area contributed by atoms with E-state index in [2.05, 4.69) is 0 Å². The third-order valence-corrected chi connectivity index (χ3v) is 1.48. The van der Waals surface area contributed by atoms with E-state index in [0.29, 0.717) is 0 Å². The standard InChI is InChI=1S/C8H9NO3/c9-8(12)4-5-6(10)2-1-3-7(5)11/h1-3,10-11H,4H2,(H2,9,12). The van der Waals surface area contributed by atoms with E-state index in [9.17, 15) is 15.0 Å². The van der Waals surface area contributed by atoms with Crippen LogP contribution in [0.2, 0.25) is 0 Å². The molecule has 4 nitrogen and oxygen atoms in total. The topological polar surface area (TPSA) is 83.6 Å². The number of hydrogen-bond donors (Lipinski definition) is 3. The van der Waals surface area contributed by atoms with Crippen LogP contribution < -0.4 is 5.73 Å². The third kappa shape index (κ3) is 1.66. The highest BCUT2D eigenvalue weighted by Crippen LogP contribution is 2.26. The maximum absolute atomic E-state index is 10.5. The van der Waals surface area contributed by atoms with E-state index in [0.717, 1.165) is 0 Å². The van der Waals surface area contributed by atoms with Crippen LogP contribution in [0, 0.1) is 0 Å². The summed E-state index contributed by atoms with van der Waals surface area (Å²) in [6.45, 7) is 0. The molecule has 0 aliphatic rings. The summed E-state index contributed by atoms with van der Waals surface area (Å²) in [5, 5.41) is 18.3. The predicted molar refractivity (Wildman–Crippen MR) is 42.7 cm³/mol. The van der Waals surface area contributed by atoms with Gasteiger partial charge in [-0.25, -0.2) is 0 Å². The number of aromatic hydroxyl groups is 2. The van der Waals surface area contributed by atoms with Crippen molar-refractivity contribution in [2.75, 3.05) is 0 Å². The molecule has 0 aromatic heterocycles. The molecule has 0 saturated heterocycles. The molecule has 0 spiro atoms. The summed E-state index contributed by atoms with van der Waals surface area (Å²) in [5.41, 5.74) is 5.07. The lowest BCUT2D eigenvalue weighted by Gasteiger charge is -2.03. The van der Waals surface area contributed by atoms with Crippen LogP contribution in [-0.4, -0.2) is 16.1 Å². The molecule has 1 amide bonds. The Labute approximate surface area is 69.3 Å². The van der Waals surface area contributed by atoms with Crippen molar-refractivity contribution in [2.45, 2.75) is 6.42 Å². The normalized spacial score (nSPS) is 9.67. The van der Waals surface area contributed by atoms with Crippen molar-refractivity contribution in [1.82, 2.24) is 0 Å². The third-order valence-electron chi connectivity index (χ3n) is 1.48. The first kappa shape index (κ1) is 8.39. The number of amides is 1. The van der Waals surface area contributed by atoms with Gasteiger partial charge >= 0.3 is 0 Å². The van der Waals surface area contributed by atoms with Crippen LogP contribution in [0.15, 0.2) is 18.2 Å². The van der Waals surface area contributed by atoms with Gasteiger partial charge in [-0.15, -0.1) is 0 Å². The minimum absolute atomic E-state index is 0.117. The van der Waals surface area contributed by atoms with Crippen molar-refractivity contribution < 1.29 is 15.0 Å². The first-order valence-corrected chi connectivity index (χ1v) is 3.39. The minimum Gasteiger partial charge on any atom is -0.508 e. The van der Waals surface area contributed by atoms with E-state index in [1.54, 1.807) is 0 Å². The Morgan fingerprint density at radius 3 is 2.25 bits per heavy atom. The summed E-state index contributed by atoms with van der Waals surface area (Å²) in [6.07, 6.45) is -0.154. The Balaban J connectivity index is 3.04. The number of carbonyl (C=O) groups excluding carboxylic acids is 1. The Morgan fingerprint density at radius 2 is 1.83 bits per heavy atom. The Morgan fingerprint density at radius 1 is 1.33 bits per heavy atom. The Bertz CT molecular complexity index is 289. The molecule has 0 fully saturated rings. The number of nitrogens with two attached hydrogens (primary N) is 1. The lowest BCUT2D eigenvalue weighted by atomic mass is 10.1. The van der Waals surface area contributed by atoms with Gasteiger partial charge in [0.1, 0.15) is 11.5 Å². The summed E-state index contributed by atoms with van der Waals surface area (Å²) >= 11 is 0. The average molecular weight is 167 g/mol. The quantitative estimate of drug-likeness (QED) is 0.585. The zero-order chi connectivity index (χ0) is 9.14. The number of phenols is 2. The summed E-state index contributed by atoms with van der Waals surface area (Å²) in [5.74, 6) is -0.825. The van der Waals surface area contributed by atoms with Crippen LogP contribution in [-0.2, 0) is 11.2 Å². The summed E-state index contributed by atoms with van der Waals surface area (Å²) < 4.78 is 0. The second kappa shape index (κ2) is 3.13. The maximum atomic E-state index is 10.5. The van der Waals surface area contributed by atoms with Crippen LogP contribution in [0.1, 0.15) is 5.56 Å². The van der Waals surface area contributed by atoms with Crippen LogP contribution >= 0.6 is 0 Å². The van der Waals surface area contributed by atoms with Gasteiger partial charge in [-0.05, 0) is 12.1 Å². The summed E-state index contributed by atoms with van der Waals surface area (Å²) in [4.78, 5) is 10.5. The molecule has 0 saturated carbocycles. The highest BCUT2D eigenvalue weighted by Gasteiger charge is 2.08. The number of benzene rings is 1. The van der Waals surface area contributed by atoms with Crippen molar-refractivity contribution in [2.24, 2.45) is 5.73 Å². The number of phenolic OH excluding ortho intramolecular Hbond substituents is 2. The largest absolute Gasteiger partial charge is 0.508 e. The highest BCUT2D eigenvalue weighted by molar-refractivity contribution is 5.78. The van der Waals surface area contributed by atoms with Crippen LogP contribution in [0.4, 0.5) is 0 Å². The minimum atomic E-state index is -0.591. The lowest BCUT2D eigenvalue weighted by molar-refractivity contribution is -0.117. The highest BCUT2D eigenvalue weighted by atomic mass is 16.3. The molecule has 0 heterocycles. The molecule has 0 bridgehead atoms. The SMILES string of the molecule is NC(=O)Cc1c(O)cccc1O. The summed E-state index contributed by atoms with van der Waals surface area (Å²) in [6, 6.07) is 4.26. The second-order valence-corrected chi connectivity index (χ2v) is 2.42.